The highest BCUT2D eigenvalue weighted by Gasteiger charge is 2.14. The summed E-state index contributed by atoms with van der Waals surface area (Å²) in [6.45, 7) is 8.95. The Morgan fingerprint density at radius 2 is 1.97 bits per heavy atom. The number of nitrogens with one attached hydrogen (secondary N) is 3. The van der Waals surface area contributed by atoms with Crippen molar-refractivity contribution in [3.63, 3.8) is 0 Å². The molecular weight excluding hydrogens is 412 g/mol. The molecule has 33 heavy (non-hydrogen) atoms. The molecule has 0 bridgehead atoms. The fourth-order valence-electron chi connectivity index (χ4n) is 3.66. The number of imidazole rings is 1. The quantitative estimate of drug-likeness (QED) is 0.314. The molecule has 5 heterocycles. The van der Waals surface area contributed by atoms with E-state index in [-0.39, 0.29) is 0 Å². The summed E-state index contributed by atoms with van der Waals surface area (Å²) in [7, 11) is 0. The summed E-state index contributed by atoms with van der Waals surface area (Å²) in [5, 5.41) is 11.7. The Morgan fingerprint density at radius 3 is 2.82 bits per heavy atom. The first kappa shape index (κ1) is 20.5. The molecule has 0 saturated carbocycles. The van der Waals surface area contributed by atoms with E-state index in [1.807, 2.05) is 36.8 Å². The summed E-state index contributed by atoms with van der Waals surface area (Å²) < 4.78 is 0. The lowest BCUT2D eigenvalue weighted by Gasteiger charge is -2.07. The first-order valence-corrected chi connectivity index (χ1v) is 10.5. The summed E-state index contributed by atoms with van der Waals surface area (Å²) in [4.78, 5) is 21.1. The molecule has 8 heteroatoms. The van der Waals surface area contributed by atoms with E-state index in [0.717, 1.165) is 44.4 Å². The third-order valence-electron chi connectivity index (χ3n) is 5.31. The van der Waals surface area contributed by atoms with Crippen LogP contribution in [0.3, 0.4) is 0 Å². The van der Waals surface area contributed by atoms with Gasteiger partial charge in [-0.1, -0.05) is 31.4 Å². The number of hydrogen-bond acceptors (Lipinski definition) is 6. The van der Waals surface area contributed by atoms with Gasteiger partial charge >= 0.3 is 0 Å². The highest BCUT2D eigenvalue weighted by Crippen LogP contribution is 2.29. The third kappa shape index (κ3) is 4.19. The third-order valence-corrected chi connectivity index (χ3v) is 5.31. The molecule has 0 unspecified atom stereocenters. The first-order valence-electron chi connectivity index (χ1n) is 10.5. The fraction of sp³-hybridized carbons (Fsp3) is 0.0800. The summed E-state index contributed by atoms with van der Waals surface area (Å²) >= 11 is 0. The van der Waals surface area contributed by atoms with E-state index in [9.17, 15) is 0 Å². The first-order chi connectivity index (χ1) is 16.2. The number of nitrogens with zero attached hydrogens (tertiary/aromatic N) is 5. The number of hydrogen-bond donors (Lipinski definition) is 3. The van der Waals surface area contributed by atoms with Gasteiger partial charge < -0.3 is 10.3 Å². The molecule has 5 rings (SSSR count). The Hall–Kier alpha value is -4.43. The molecule has 0 amide bonds. The zero-order valence-electron chi connectivity index (χ0n) is 17.9. The molecule has 0 radical (unpaired) electrons. The second-order valence-electron chi connectivity index (χ2n) is 7.54. The molecule has 0 aliphatic carbocycles. The Kier molecular flexibility index (Phi) is 5.57. The predicted molar refractivity (Wildman–Crippen MR) is 130 cm³/mol. The number of pyridine rings is 3. The summed E-state index contributed by atoms with van der Waals surface area (Å²) in [5.41, 5.74) is 7.22. The van der Waals surface area contributed by atoms with Crippen molar-refractivity contribution in [2.24, 2.45) is 0 Å². The highest BCUT2D eigenvalue weighted by atomic mass is 15.2. The minimum atomic E-state index is 0.629. The Morgan fingerprint density at radius 1 is 1.06 bits per heavy atom. The monoisotopic (exact) mass is 434 g/mol. The molecule has 0 aliphatic rings. The van der Waals surface area contributed by atoms with Crippen LogP contribution in [0, 0.1) is 0 Å². The number of fused-ring (bicyclic) bond motifs is 2. The van der Waals surface area contributed by atoms with Crippen LogP contribution in [0.5, 0.6) is 0 Å². The van der Waals surface area contributed by atoms with Crippen molar-refractivity contribution in [1.82, 2.24) is 40.4 Å². The minimum Gasteiger partial charge on any atom is -0.335 e. The minimum absolute atomic E-state index is 0.629. The van der Waals surface area contributed by atoms with Gasteiger partial charge in [0.15, 0.2) is 11.5 Å². The van der Waals surface area contributed by atoms with E-state index >= 15 is 0 Å². The standard InChI is InChI=1S/C25H22N8/c1-3-5-16(4-2)10-27-11-17-8-18(13-28-12-17)19-9-20-23(32-33-24(20)29-14-19)25-30-21-6-7-26-15-22(21)31-25/h3-9,12-15,27H,1-2,10-11H2,(H,30,31)(H,29,32,33). The number of H-pyrrole nitrogens is 2. The van der Waals surface area contributed by atoms with E-state index in [0.29, 0.717) is 24.6 Å². The van der Waals surface area contributed by atoms with E-state index in [4.69, 9.17) is 0 Å². The molecule has 5 aromatic rings. The molecule has 0 fully saturated rings. The molecule has 0 atom stereocenters. The molecule has 162 valence electrons. The van der Waals surface area contributed by atoms with Gasteiger partial charge in [0.05, 0.1) is 22.6 Å². The lowest BCUT2D eigenvalue weighted by Crippen LogP contribution is -2.16. The van der Waals surface area contributed by atoms with Gasteiger partial charge in [-0.25, -0.2) is 9.97 Å². The van der Waals surface area contributed by atoms with Gasteiger partial charge in [-0.05, 0) is 29.3 Å². The lowest BCUT2D eigenvalue weighted by molar-refractivity contribution is 0.745. The maximum Gasteiger partial charge on any atom is 0.181 e. The summed E-state index contributed by atoms with van der Waals surface area (Å²) in [6, 6.07) is 6.04. The molecule has 5 aromatic heterocycles. The van der Waals surface area contributed by atoms with Crippen LogP contribution < -0.4 is 5.32 Å². The molecule has 0 spiro atoms. The summed E-state index contributed by atoms with van der Waals surface area (Å²) in [6.07, 6.45) is 14.5. The Bertz CT molecular complexity index is 1460. The zero-order chi connectivity index (χ0) is 22.6. The van der Waals surface area contributed by atoms with E-state index in [1.54, 1.807) is 18.5 Å². The van der Waals surface area contributed by atoms with Crippen molar-refractivity contribution in [2.75, 3.05) is 6.54 Å². The number of aromatic nitrogens is 7. The van der Waals surface area contributed by atoms with Gasteiger partial charge in [0.1, 0.15) is 5.69 Å². The normalized spacial score (nSPS) is 11.8. The molecule has 0 saturated heterocycles. The molecular formula is C25H22N8. The number of aromatic amines is 2. The van der Waals surface area contributed by atoms with Crippen LogP contribution in [0.4, 0.5) is 0 Å². The van der Waals surface area contributed by atoms with Crippen LogP contribution in [-0.4, -0.2) is 41.7 Å². The zero-order valence-corrected chi connectivity index (χ0v) is 17.9. The second kappa shape index (κ2) is 8.97. The fourth-order valence-corrected chi connectivity index (χ4v) is 3.66. The Balaban J connectivity index is 1.43. The second-order valence-corrected chi connectivity index (χ2v) is 7.54. The van der Waals surface area contributed by atoms with Crippen LogP contribution in [0.2, 0.25) is 0 Å². The van der Waals surface area contributed by atoms with Crippen molar-refractivity contribution in [3.05, 3.63) is 91.7 Å². The van der Waals surface area contributed by atoms with Crippen LogP contribution in [0.25, 0.3) is 44.7 Å². The van der Waals surface area contributed by atoms with Crippen LogP contribution in [0.1, 0.15) is 5.56 Å². The van der Waals surface area contributed by atoms with Crippen LogP contribution in [0.15, 0.2) is 86.1 Å². The van der Waals surface area contributed by atoms with Gasteiger partial charge in [0.25, 0.3) is 0 Å². The van der Waals surface area contributed by atoms with Gasteiger partial charge in [0, 0.05) is 49.0 Å². The lowest BCUT2D eigenvalue weighted by atomic mass is 10.1. The smallest absolute Gasteiger partial charge is 0.181 e. The molecule has 8 nitrogen and oxygen atoms in total. The average molecular weight is 435 g/mol. The Labute approximate surface area is 190 Å². The van der Waals surface area contributed by atoms with E-state index in [1.165, 1.54) is 0 Å². The van der Waals surface area contributed by atoms with E-state index in [2.05, 4.69) is 65.7 Å². The van der Waals surface area contributed by atoms with Crippen molar-refractivity contribution < 1.29 is 0 Å². The van der Waals surface area contributed by atoms with Crippen molar-refractivity contribution >= 4 is 22.1 Å². The van der Waals surface area contributed by atoms with Crippen LogP contribution in [-0.2, 0) is 6.54 Å². The molecule has 0 aliphatic heterocycles. The molecule has 0 aromatic carbocycles. The number of allylic oxidation sites excluding steroid dienone is 2. The number of rotatable bonds is 8. The molecule has 3 N–H and O–H groups in total. The average Bonchev–Trinajstić information content (AvgIpc) is 3.47. The SMILES string of the molecule is C=CC=C(C=C)CNCc1cncc(-c2cnc3n[nH]c(-c4nc5ccncc5[nH]4)c3c2)c1. The van der Waals surface area contributed by atoms with Gasteiger partial charge in [-0.15, -0.1) is 0 Å². The van der Waals surface area contributed by atoms with Gasteiger partial charge in [-0.3, -0.25) is 15.1 Å². The van der Waals surface area contributed by atoms with Crippen LogP contribution >= 0.6 is 0 Å². The van der Waals surface area contributed by atoms with Crippen molar-refractivity contribution in [2.45, 2.75) is 6.54 Å². The highest BCUT2D eigenvalue weighted by molar-refractivity contribution is 5.93. The predicted octanol–water partition coefficient (Wildman–Crippen LogP) is 4.35. The van der Waals surface area contributed by atoms with E-state index < -0.39 is 0 Å². The summed E-state index contributed by atoms with van der Waals surface area (Å²) in [5.74, 6) is 0.695. The topological polar surface area (TPSA) is 108 Å². The van der Waals surface area contributed by atoms with Crippen molar-refractivity contribution in [3.8, 4) is 22.6 Å². The largest absolute Gasteiger partial charge is 0.335 e. The maximum atomic E-state index is 4.66. The van der Waals surface area contributed by atoms with Crippen molar-refractivity contribution in [1.29, 1.82) is 0 Å². The maximum absolute atomic E-state index is 4.66. The van der Waals surface area contributed by atoms with Gasteiger partial charge in [-0.2, -0.15) is 5.10 Å². The van der Waals surface area contributed by atoms with Gasteiger partial charge in [0.2, 0.25) is 0 Å².